The van der Waals surface area contributed by atoms with Gasteiger partial charge in [-0.1, -0.05) is 0 Å². The summed E-state index contributed by atoms with van der Waals surface area (Å²) in [7, 11) is 1.83. The van der Waals surface area contributed by atoms with Crippen molar-refractivity contribution in [1.29, 1.82) is 0 Å². The highest BCUT2D eigenvalue weighted by molar-refractivity contribution is 5.57. The second-order valence-corrected chi connectivity index (χ2v) is 2.71. The molecule has 0 radical (unpaired) electrons. The summed E-state index contributed by atoms with van der Waals surface area (Å²) in [5.74, 6) is -0.467. The molecule has 2 aromatic heterocycles. The number of pyridine rings is 1. The zero-order chi connectivity index (χ0) is 9.26. The molecule has 4 heteroatoms. The second-order valence-electron chi connectivity index (χ2n) is 2.71. The predicted molar refractivity (Wildman–Crippen MR) is 46.4 cm³/mol. The molecule has 0 saturated heterocycles. The van der Waals surface area contributed by atoms with Gasteiger partial charge in [0.1, 0.15) is 0 Å². The van der Waals surface area contributed by atoms with E-state index in [0.29, 0.717) is 0 Å². The number of aryl methyl sites for hydroxylation is 1. The number of hydrogen-bond acceptors (Lipinski definition) is 2. The van der Waals surface area contributed by atoms with Gasteiger partial charge in [0.2, 0.25) is 5.95 Å². The first-order valence-corrected chi connectivity index (χ1v) is 3.87. The molecule has 0 unspecified atom stereocenters. The molecule has 0 aliphatic rings. The molecule has 2 heterocycles. The van der Waals surface area contributed by atoms with Crippen molar-refractivity contribution in [1.82, 2.24) is 14.8 Å². The largest absolute Gasteiger partial charge is 0.268 e. The van der Waals surface area contributed by atoms with Crippen LogP contribution in [0.15, 0.2) is 30.6 Å². The number of halogens is 1. The molecule has 0 aromatic carbocycles. The third kappa shape index (κ3) is 1.42. The Hall–Kier alpha value is -1.71. The van der Waals surface area contributed by atoms with Crippen LogP contribution in [0.25, 0.3) is 11.3 Å². The van der Waals surface area contributed by atoms with Gasteiger partial charge in [-0.15, -0.1) is 0 Å². The van der Waals surface area contributed by atoms with Crippen molar-refractivity contribution in [3.63, 3.8) is 0 Å². The van der Waals surface area contributed by atoms with E-state index in [-0.39, 0.29) is 0 Å². The zero-order valence-corrected chi connectivity index (χ0v) is 7.11. The maximum atomic E-state index is 12.5. The van der Waals surface area contributed by atoms with Crippen molar-refractivity contribution >= 4 is 0 Å². The Morgan fingerprint density at radius 3 is 2.69 bits per heavy atom. The van der Waals surface area contributed by atoms with Gasteiger partial charge in [0.15, 0.2) is 0 Å². The molecule has 0 aliphatic heterocycles. The molecule has 2 aromatic rings. The van der Waals surface area contributed by atoms with Gasteiger partial charge in [-0.05, 0) is 18.2 Å². The maximum absolute atomic E-state index is 12.5. The van der Waals surface area contributed by atoms with Crippen molar-refractivity contribution in [3.05, 3.63) is 36.5 Å². The molecule has 0 atom stereocenters. The van der Waals surface area contributed by atoms with Gasteiger partial charge in [0.25, 0.3) is 0 Å². The van der Waals surface area contributed by atoms with Gasteiger partial charge in [-0.3, -0.25) is 4.68 Å². The van der Waals surface area contributed by atoms with Crippen LogP contribution in [0.2, 0.25) is 0 Å². The molecular weight excluding hydrogens is 169 g/mol. The molecule has 0 spiro atoms. The first-order valence-electron chi connectivity index (χ1n) is 3.87. The fraction of sp³-hybridized carbons (Fsp3) is 0.111. The third-order valence-electron chi connectivity index (χ3n) is 1.84. The smallest absolute Gasteiger partial charge is 0.212 e. The van der Waals surface area contributed by atoms with Gasteiger partial charge in [-0.2, -0.15) is 9.49 Å². The summed E-state index contributed by atoms with van der Waals surface area (Å²) in [6, 6.07) is 4.87. The van der Waals surface area contributed by atoms with E-state index in [1.165, 1.54) is 12.3 Å². The summed E-state index contributed by atoms with van der Waals surface area (Å²) < 4.78 is 14.2. The zero-order valence-electron chi connectivity index (χ0n) is 7.11. The topological polar surface area (TPSA) is 30.7 Å². The minimum atomic E-state index is -0.467. The Morgan fingerprint density at radius 1 is 1.31 bits per heavy atom. The Bertz CT molecular complexity index is 405. The van der Waals surface area contributed by atoms with Crippen LogP contribution in [-0.2, 0) is 7.05 Å². The maximum Gasteiger partial charge on any atom is 0.212 e. The summed E-state index contributed by atoms with van der Waals surface area (Å²) in [6.07, 6.45) is 3.19. The molecule has 0 N–H and O–H groups in total. The van der Waals surface area contributed by atoms with Crippen molar-refractivity contribution in [2.24, 2.45) is 7.05 Å². The number of rotatable bonds is 1. The SMILES string of the molecule is Cn1nccc1-c1ccc(F)nc1. The molecule has 0 fully saturated rings. The van der Waals surface area contributed by atoms with E-state index in [1.54, 1.807) is 16.9 Å². The van der Waals surface area contributed by atoms with Gasteiger partial charge >= 0.3 is 0 Å². The Labute approximate surface area is 74.8 Å². The van der Waals surface area contributed by atoms with Gasteiger partial charge in [-0.25, -0.2) is 4.98 Å². The van der Waals surface area contributed by atoms with Gasteiger partial charge in [0.05, 0.1) is 5.69 Å². The number of nitrogens with zero attached hydrogens (tertiary/aromatic N) is 3. The van der Waals surface area contributed by atoms with Crippen molar-refractivity contribution in [2.45, 2.75) is 0 Å². The van der Waals surface area contributed by atoms with Crippen LogP contribution in [0.3, 0.4) is 0 Å². The monoisotopic (exact) mass is 177 g/mol. The Balaban J connectivity index is 2.47. The molecule has 3 nitrogen and oxygen atoms in total. The first kappa shape index (κ1) is 7.91. The Morgan fingerprint density at radius 2 is 2.15 bits per heavy atom. The van der Waals surface area contributed by atoms with Gasteiger partial charge in [0, 0.05) is 25.0 Å². The van der Waals surface area contributed by atoms with Gasteiger partial charge < -0.3 is 0 Å². The lowest BCUT2D eigenvalue weighted by atomic mass is 10.2. The van der Waals surface area contributed by atoms with E-state index in [2.05, 4.69) is 10.1 Å². The molecule has 0 aliphatic carbocycles. The lowest BCUT2D eigenvalue weighted by Crippen LogP contribution is -1.93. The minimum absolute atomic E-state index is 0.467. The normalized spacial score (nSPS) is 10.3. The van der Waals surface area contributed by atoms with E-state index in [1.807, 2.05) is 13.1 Å². The van der Waals surface area contributed by atoms with Crippen LogP contribution in [0.1, 0.15) is 0 Å². The molecule has 0 saturated carbocycles. The van der Waals surface area contributed by atoms with E-state index < -0.39 is 5.95 Å². The van der Waals surface area contributed by atoms with Crippen molar-refractivity contribution < 1.29 is 4.39 Å². The minimum Gasteiger partial charge on any atom is -0.268 e. The molecule has 0 bridgehead atoms. The van der Waals surface area contributed by atoms with Crippen molar-refractivity contribution in [2.75, 3.05) is 0 Å². The van der Waals surface area contributed by atoms with Crippen LogP contribution in [0, 0.1) is 5.95 Å². The highest BCUT2D eigenvalue weighted by Crippen LogP contribution is 2.16. The van der Waals surface area contributed by atoms with E-state index >= 15 is 0 Å². The summed E-state index contributed by atoms with van der Waals surface area (Å²) in [6.45, 7) is 0. The van der Waals surface area contributed by atoms with E-state index in [4.69, 9.17) is 0 Å². The lowest BCUT2D eigenvalue weighted by Gasteiger charge is -2.00. The van der Waals surface area contributed by atoms with Crippen LogP contribution >= 0.6 is 0 Å². The summed E-state index contributed by atoms with van der Waals surface area (Å²) in [5.41, 5.74) is 1.79. The quantitative estimate of drug-likeness (QED) is 0.620. The second kappa shape index (κ2) is 2.97. The summed E-state index contributed by atoms with van der Waals surface area (Å²) in [4.78, 5) is 3.57. The fourth-order valence-corrected chi connectivity index (χ4v) is 1.18. The fourth-order valence-electron chi connectivity index (χ4n) is 1.18. The van der Waals surface area contributed by atoms with Crippen LogP contribution in [0.4, 0.5) is 4.39 Å². The molecule has 66 valence electrons. The molecule has 13 heavy (non-hydrogen) atoms. The average molecular weight is 177 g/mol. The predicted octanol–water partition coefficient (Wildman–Crippen LogP) is 1.62. The van der Waals surface area contributed by atoms with Crippen LogP contribution in [-0.4, -0.2) is 14.8 Å². The lowest BCUT2D eigenvalue weighted by molar-refractivity contribution is 0.584. The summed E-state index contributed by atoms with van der Waals surface area (Å²) in [5, 5.41) is 4.01. The number of aromatic nitrogens is 3. The number of hydrogen-bond donors (Lipinski definition) is 0. The van der Waals surface area contributed by atoms with Crippen LogP contribution < -0.4 is 0 Å². The highest BCUT2D eigenvalue weighted by atomic mass is 19.1. The van der Waals surface area contributed by atoms with E-state index in [0.717, 1.165) is 11.3 Å². The van der Waals surface area contributed by atoms with E-state index in [9.17, 15) is 4.39 Å². The standard InChI is InChI=1S/C9H8FN3/c1-13-8(4-5-12-13)7-2-3-9(10)11-6-7/h2-6H,1H3. The third-order valence-corrected chi connectivity index (χ3v) is 1.84. The highest BCUT2D eigenvalue weighted by Gasteiger charge is 2.01. The van der Waals surface area contributed by atoms with Crippen molar-refractivity contribution in [3.8, 4) is 11.3 Å². The van der Waals surface area contributed by atoms with Crippen LogP contribution in [0.5, 0.6) is 0 Å². The summed E-state index contributed by atoms with van der Waals surface area (Å²) >= 11 is 0. The molecule has 2 rings (SSSR count). The molecular formula is C9H8FN3. The Kier molecular flexibility index (Phi) is 1.81. The molecule has 0 amide bonds. The first-order chi connectivity index (χ1) is 6.27. The average Bonchev–Trinajstić information content (AvgIpc) is 2.53.